The molecule has 0 unspecified atom stereocenters. The molecule has 1 aromatic carbocycles. The summed E-state index contributed by atoms with van der Waals surface area (Å²) in [5, 5.41) is 12.1. The zero-order chi connectivity index (χ0) is 18.2. The largest absolute Gasteiger partial charge is 0.497 e. The number of ether oxygens (including phenoxy) is 2. The van der Waals surface area contributed by atoms with Gasteiger partial charge in [0.25, 0.3) is 5.91 Å². The van der Waals surface area contributed by atoms with Crippen LogP contribution in [0.1, 0.15) is 6.92 Å². The van der Waals surface area contributed by atoms with Gasteiger partial charge >= 0.3 is 0 Å². The molecule has 7 heteroatoms. The fourth-order valence-electron chi connectivity index (χ4n) is 2.63. The lowest BCUT2D eigenvalue weighted by Gasteiger charge is -2.33. The highest BCUT2D eigenvalue weighted by Gasteiger charge is 2.17. The van der Waals surface area contributed by atoms with Crippen molar-refractivity contribution >= 4 is 11.6 Å². The van der Waals surface area contributed by atoms with Gasteiger partial charge in [0.15, 0.2) is 0 Å². The number of benzene rings is 1. The maximum atomic E-state index is 12.5. The van der Waals surface area contributed by atoms with Gasteiger partial charge in [-0.15, -0.1) is 0 Å². The maximum Gasteiger partial charge on any atom is 0.267 e. The number of nitriles is 1. The van der Waals surface area contributed by atoms with Crippen molar-refractivity contribution in [3.63, 3.8) is 0 Å². The van der Waals surface area contributed by atoms with Crippen LogP contribution >= 0.6 is 0 Å². The minimum Gasteiger partial charge on any atom is -0.497 e. The van der Waals surface area contributed by atoms with Crippen LogP contribution in [-0.4, -0.2) is 62.7 Å². The Morgan fingerprint density at radius 2 is 2.00 bits per heavy atom. The van der Waals surface area contributed by atoms with E-state index in [4.69, 9.17) is 9.47 Å². The molecule has 0 aliphatic carbocycles. The summed E-state index contributed by atoms with van der Waals surface area (Å²) in [7, 11) is 3.07. The van der Waals surface area contributed by atoms with Gasteiger partial charge in [0.05, 0.1) is 19.9 Å². The molecule has 0 aromatic heterocycles. The molecule has 1 aromatic rings. The van der Waals surface area contributed by atoms with Gasteiger partial charge in [-0.3, -0.25) is 4.79 Å². The number of piperazine rings is 1. The van der Waals surface area contributed by atoms with E-state index in [-0.39, 0.29) is 5.57 Å². The summed E-state index contributed by atoms with van der Waals surface area (Å²) >= 11 is 0. The van der Waals surface area contributed by atoms with Crippen LogP contribution in [0.5, 0.6) is 11.5 Å². The minimum absolute atomic E-state index is 0.0646. The van der Waals surface area contributed by atoms with Gasteiger partial charge in [0, 0.05) is 38.4 Å². The van der Waals surface area contributed by atoms with E-state index in [0.717, 1.165) is 32.7 Å². The van der Waals surface area contributed by atoms with Gasteiger partial charge in [-0.05, 0) is 18.7 Å². The van der Waals surface area contributed by atoms with E-state index in [1.54, 1.807) is 31.5 Å². The average Bonchev–Trinajstić information content (AvgIpc) is 2.66. The first-order chi connectivity index (χ1) is 12.1. The highest BCUT2D eigenvalue weighted by Crippen LogP contribution is 2.29. The van der Waals surface area contributed by atoms with Gasteiger partial charge < -0.3 is 24.6 Å². The van der Waals surface area contributed by atoms with Gasteiger partial charge in [0.1, 0.15) is 23.1 Å². The summed E-state index contributed by atoms with van der Waals surface area (Å²) in [6, 6.07) is 7.08. The highest BCUT2D eigenvalue weighted by atomic mass is 16.5. The Bertz CT molecular complexity index is 673. The number of amides is 1. The monoisotopic (exact) mass is 344 g/mol. The number of hydrogen-bond donors (Lipinski definition) is 1. The fraction of sp³-hybridized carbons (Fsp3) is 0.444. The molecule has 0 saturated carbocycles. The van der Waals surface area contributed by atoms with Crippen LogP contribution in [0, 0.1) is 11.3 Å². The molecule has 2 rings (SSSR count). The molecule has 25 heavy (non-hydrogen) atoms. The quantitative estimate of drug-likeness (QED) is 0.625. The number of nitrogens with zero attached hydrogens (tertiary/aromatic N) is 3. The lowest BCUT2D eigenvalue weighted by molar-refractivity contribution is -0.112. The van der Waals surface area contributed by atoms with Crippen molar-refractivity contribution in [2.24, 2.45) is 0 Å². The first kappa shape index (κ1) is 18.6. The van der Waals surface area contributed by atoms with Gasteiger partial charge in [-0.2, -0.15) is 5.26 Å². The zero-order valence-corrected chi connectivity index (χ0v) is 14.9. The summed E-state index contributed by atoms with van der Waals surface area (Å²) in [6.45, 7) is 6.59. The molecule has 1 amide bonds. The van der Waals surface area contributed by atoms with Gasteiger partial charge in [-0.1, -0.05) is 6.92 Å². The van der Waals surface area contributed by atoms with Crippen LogP contribution in [-0.2, 0) is 4.79 Å². The van der Waals surface area contributed by atoms with Crippen LogP contribution < -0.4 is 14.8 Å². The third-order valence-electron chi connectivity index (χ3n) is 4.19. The molecule has 1 heterocycles. The number of rotatable bonds is 6. The van der Waals surface area contributed by atoms with Crippen molar-refractivity contribution in [3.8, 4) is 17.6 Å². The molecular weight excluding hydrogens is 320 g/mol. The Labute approximate surface area is 148 Å². The zero-order valence-electron chi connectivity index (χ0n) is 14.9. The fourth-order valence-corrected chi connectivity index (χ4v) is 2.63. The van der Waals surface area contributed by atoms with E-state index in [9.17, 15) is 10.1 Å². The second-order valence-corrected chi connectivity index (χ2v) is 5.65. The molecule has 1 fully saturated rings. The van der Waals surface area contributed by atoms with Crippen LogP contribution in [0.2, 0.25) is 0 Å². The molecule has 0 bridgehead atoms. The highest BCUT2D eigenvalue weighted by molar-refractivity contribution is 6.07. The standard InChI is InChI=1S/C18H24N4O3/c1-4-21-7-9-22(10-8-21)13-14(12-19)18(23)20-16-11-15(24-2)5-6-17(16)25-3/h5-6,11,13H,4,7-10H2,1-3H3,(H,20,23)/b14-13-. The van der Waals surface area contributed by atoms with Crippen LogP contribution in [0.15, 0.2) is 30.0 Å². The van der Waals surface area contributed by atoms with Crippen molar-refractivity contribution in [1.29, 1.82) is 5.26 Å². The number of likely N-dealkylation sites (N-methyl/N-ethyl adjacent to an activating group) is 1. The molecule has 1 aliphatic rings. The smallest absolute Gasteiger partial charge is 0.267 e. The first-order valence-electron chi connectivity index (χ1n) is 8.23. The van der Waals surface area contributed by atoms with E-state index in [1.165, 1.54) is 7.11 Å². The average molecular weight is 344 g/mol. The molecule has 1 N–H and O–H groups in total. The van der Waals surface area contributed by atoms with Crippen molar-refractivity contribution in [3.05, 3.63) is 30.0 Å². The lowest BCUT2D eigenvalue weighted by Crippen LogP contribution is -2.44. The summed E-state index contributed by atoms with van der Waals surface area (Å²) in [6.07, 6.45) is 1.63. The Hall–Kier alpha value is -2.72. The number of carbonyl (C=O) groups is 1. The Kier molecular flexibility index (Phi) is 6.66. The predicted octanol–water partition coefficient (Wildman–Crippen LogP) is 1.69. The van der Waals surface area contributed by atoms with Crippen molar-refractivity contribution in [1.82, 2.24) is 9.80 Å². The summed E-state index contributed by atoms with van der Waals surface area (Å²) in [5.74, 6) is 0.629. The normalized spacial score (nSPS) is 15.4. The number of carbonyl (C=O) groups excluding carboxylic acids is 1. The molecule has 0 radical (unpaired) electrons. The Morgan fingerprint density at radius 3 is 2.56 bits per heavy atom. The van der Waals surface area contributed by atoms with E-state index in [1.807, 2.05) is 11.0 Å². The summed E-state index contributed by atoms with van der Waals surface area (Å²) < 4.78 is 10.4. The van der Waals surface area contributed by atoms with E-state index < -0.39 is 5.91 Å². The second kappa shape index (κ2) is 8.94. The molecular formula is C18H24N4O3. The first-order valence-corrected chi connectivity index (χ1v) is 8.23. The number of anilines is 1. The van der Waals surface area contributed by atoms with Crippen molar-refractivity contribution < 1.29 is 14.3 Å². The van der Waals surface area contributed by atoms with Crippen molar-refractivity contribution in [2.45, 2.75) is 6.92 Å². The predicted molar refractivity (Wildman–Crippen MR) is 95.6 cm³/mol. The van der Waals surface area contributed by atoms with Crippen LogP contribution in [0.3, 0.4) is 0 Å². The van der Waals surface area contributed by atoms with E-state index in [2.05, 4.69) is 17.1 Å². The molecule has 134 valence electrons. The third kappa shape index (κ3) is 4.88. The number of nitrogens with one attached hydrogen (secondary N) is 1. The third-order valence-corrected chi connectivity index (χ3v) is 4.19. The molecule has 0 spiro atoms. The van der Waals surface area contributed by atoms with Crippen molar-refractivity contribution in [2.75, 3.05) is 52.3 Å². The Morgan fingerprint density at radius 1 is 1.28 bits per heavy atom. The topological polar surface area (TPSA) is 77.8 Å². The molecule has 1 saturated heterocycles. The minimum atomic E-state index is -0.466. The van der Waals surface area contributed by atoms with Gasteiger partial charge in [-0.25, -0.2) is 0 Å². The van der Waals surface area contributed by atoms with E-state index >= 15 is 0 Å². The maximum absolute atomic E-state index is 12.5. The lowest BCUT2D eigenvalue weighted by atomic mass is 10.2. The van der Waals surface area contributed by atoms with Gasteiger partial charge in [0.2, 0.25) is 0 Å². The second-order valence-electron chi connectivity index (χ2n) is 5.65. The molecule has 7 nitrogen and oxygen atoms in total. The Balaban J connectivity index is 2.10. The number of hydrogen-bond acceptors (Lipinski definition) is 6. The molecule has 1 aliphatic heterocycles. The van der Waals surface area contributed by atoms with E-state index in [0.29, 0.717) is 17.2 Å². The summed E-state index contributed by atoms with van der Waals surface area (Å²) in [5.41, 5.74) is 0.527. The summed E-state index contributed by atoms with van der Waals surface area (Å²) in [4.78, 5) is 16.8. The molecule has 0 atom stereocenters. The van der Waals surface area contributed by atoms with Crippen LogP contribution in [0.4, 0.5) is 5.69 Å². The van der Waals surface area contributed by atoms with Crippen LogP contribution in [0.25, 0.3) is 0 Å². The number of methoxy groups -OCH3 is 2. The SMILES string of the molecule is CCN1CCN(/C=C(/C#N)C(=O)Nc2cc(OC)ccc2OC)CC1.